The molecule has 0 saturated carbocycles. The Morgan fingerprint density at radius 1 is 1.47 bits per heavy atom. The number of aryl methyl sites for hydroxylation is 1. The molecule has 5 heteroatoms. The number of rotatable bonds is 3. The van der Waals surface area contributed by atoms with E-state index in [1.807, 2.05) is 25.3 Å². The van der Waals surface area contributed by atoms with Crippen LogP contribution in [-0.2, 0) is 6.42 Å². The SMILES string of the molecule is CCc1nc2cncc(C(=O)O)c2n1C(C)C. The lowest BCUT2D eigenvalue weighted by molar-refractivity contribution is 0.0698. The van der Waals surface area contributed by atoms with Gasteiger partial charge in [-0.05, 0) is 13.8 Å². The van der Waals surface area contributed by atoms with Gasteiger partial charge in [-0.1, -0.05) is 6.92 Å². The number of pyridine rings is 1. The molecular formula is C12H15N3O2. The second-order valence-corrected chi connectivity index (χ2v) is 4.21. The van der Waals surface area contributed by atoms with Crippen molar-refractivity contribution in [2.75, 3.05) is 0 Å². The van der Waals surface area contributed by atoms with E-state index < -0.39 is 5.97 Å². The van der Waals surface area contributed by atoms with Crippen LogP contribution < -0.4 is 0 Å². The lowest BCUT2D eigenvalue weighted by Crippen LogP contribution is -2.08. The molecule has 0 radical (unpaired) electrons. The summed E-state index contributed by atoms with van der Waals surface area (Å²) in [5.41, 5.74) is 1.53. The number of carboxylic acid groups (broad SMARTS) is 1. The molecule has 2 heterocycles. The van der Waals surface area contributed by atoms with Crippen LogP contribution >= 0.6 is 0 Å². The van der Waals surface area contributed by atoms with Gasteiger partial charge in [0.15, 0.2) is 0 Å². The highest BCUT2D eigenvalue weighted by molar-refractivity contribution is 6.00. The third kappa shape index (κ3) is 1.77. The van der Waals surface area contributed by atoms with Gasteiger partial charge in [0, 0.05) is 18.7 Å². The van der Waals surface area contributed by atoms with Crippen molar-refractivity contribution in [3.63, 3.8) is 0 Å². The fraction of sp³-hybridized carbons (Fsp3) is 0.417. The molecule has 2 aromatic heterocycles. The van der Waals surface area contributed by atoms with Gasteiger partial charge >= 0.3 is 5.97 Å². The molecule has 0 aliphatic rings. The molecule has 0 spiro atoms. The number of hydrogen-bond donors (Lipinski definition) is 1. The van der Waals surface area contributed by atoms with Crippen molar-refractivity contribution in [1.29, 1.82) is 0 Å². The average molecular weight is 233 g/mol. The summed E-state index contributed by atoms with van der Waals surface area (Å²) < 4.78 is 1.97. The Hall–Kier alpha value is -1.91. The van der Waals surface area contributed by atoms with Crippen molar-refractivity contribution in [3.05, 3.63) is 23.8 Å². The van der Waals surface area contributed by atoms with Crippen LogP contribution in [0.15, 0.2) is 12.4 Å². The predicted octanol–water partition coefficient (Wildman–Crippen LogP) is 2.27. The van der Waals surface area contributed by atoms with E-state index >= 15 is 0 Å². The maximum atomic E-state index is 11.2. The van der Waals surface area contributed by atoms with Crippen LogP contribution in [0.4, 0.5) is 0 Å². The summed E-state index contributed by atoms with van der Waals surface area (Å²) in [7, 11) is 0. The molecule has 0 aliphatic heterocycles. The van der Waals surface area contributed by atoms with Gasteiger partial charge in [0.2, 0.25) is 0 Å². The van der Waals surface area contributed by atoms with Gasteiger partial charge in [0.05, 0.1) is 11.7 Å². The average Bonchev–Trinajstić information content (AvgIpc) is 2.66. The summed E-state index contributed by atoms with van der Waals surface area (Å²) >= 11 is 0. The Morgan fingerprint density at radius 2 is 2.18 bits per heavy atom. The Bertz CT molecular complexity index is 572. The first-order valence-electron chi connectivity index (χ1n) is 5.64. The van der Waals surface area contributed by atoms with Crippen molar-refractivity contribution in [3.8, 4) is 0 Å². The molecule has 0 bridgehead atoms. The molecule has 0 saturated heterocycles. The fourth-order valence-corrected chi connectivity index (χ4v) is 2.06. The van der Waals surface area contributed by atoms with Gasteiger partial charge in [-0.3, -0.25) is 4.98 Å². The Morgan fingerprint density at radius 3 is 2.71 bits per heavy atom. The lowest BCUT2D eigenvalue weighted by Gasteiger charge is -2.12. The maximum absolute atomic E-state index is 11.2. The molecule has 0 aliphatic carbocycles. The number of aromatic nitrogens is 3. The second-order valence-electron chi connectivity index (χ2n) is 4.21. The molecule has 0 atom stereocenters. The van der Waals surface area contributed by atoms with Gasteiger partial charge in [0.1, 0.15) is 16.9 Å². The summed E-state index contributed by atoms with van der Waals surface area (Å²) in [6, 6.07) is 0.176. The normalized spacial score (nSPS) is 11.3. The van der Waals surface area contributed by atoms with Crippen LogP contribution in [-0.4, -0.2) is 25.6 Å². The first kappa shape index (κ1) is 11.6. The summed E-state index contributed by atoms with van der Waals surface area (Å²) in [5.74, 6) is -0.0712. The number of carboxylic acids is 1. The van der Waals surface area contributed by atoms with Crippen molar-refractivity contribution in [2.45, 2.75) is 33.2 Å². The standard InChI is InChI=1S/C12H15N3O2/c1-4-10-14-9-6-13-5-8(12(16)17)11(9)15(10)7(2)3/h5-7H,4H2,1-3H3,(H,16,17). The highest BCUT2D eigenvalue weighted by atomic mass is 16.4. The monoisotopic (exact) mass is 233 g/mol. The lowest BCUT2D eigenvalue weighted by atomic mass is 10.2. The van der Waals surface area contributed by atoms with Crippen LogP contribution in [0.1, 0.15) is 43.0 Å². The molecule has 2 rings (SSSR count). The number of aromatic carboxylic acids is 1. The molecule has 0 aromatic carbocycles. The van der Waals surface area contributed by atoms with Crippen molar-refractivity contribution in [2.24, 2.45) is 0 Å². The minimum Gasteiger partial charge on any atom is -0.478 e. The van der Waals surface area contributed by atoms with Crippen LogP contribution in [0.5, 0.6) is 0 Å². The van der Waals surface area contributed by atoms with E-state index in [9.17, 15) is 9.90 Å². The van der Waals surface area contributed by atoms with Crippen LogP contribution in [0.3, 0.4) is 0 Å². The van der Waals surface area contributed by atoms with Crippen LogP contribution in [0.2, 0.25) is 0 Å². The molecule has 90 valence electrons. The van der Waals surface area contributed by atoms with Crippen molar-refractivity contribution >= 4 is 17.0 Å². The second kappa shape index (κ2) is 4.16. The maximum Gasteiger partial charge on any atom is 0.339 e. The topological polar surface area (TPSA) is 68.0 Å². The van der Waals surface area contributed by atoms with E-state index in [1.54, 1.807) is 6.20 Å². The van der Waals surface area contributed by atoms with Gasteiger partial charge in [-0.2, -0.15) is 0 Å². The van der Waals surface area contributed by atoms with Crippen molar-refractivity contribution < 1.29 is 9.90 Å². The van der Waals surface area contributed by atoms with Gasteiger partial charge in [-0.25, -0.2) is 9.78 Å². The number of fused-ring (bicyclic) bond motifs is 1. The smallest absolute Gasteiger partial charge is 0.339 e. The third-order valence-corrected chi connectivity index (χ3v) is 2.73. The van der Waals surface area contributed by atoms with E-state index in [0.717, 1.165) is 12.2 Å². The van der Waals surface area contributed by atoms with E-state index in [1.165, 1.54) is 6.20 Å². The molecule has 5 nitrogen and oxygen atoms in total. The zero-order valence-electron chi connectivity index (χ0n) is 10.1. The molecule has 17 heavy (non-hydrogen) atoms. The molecule has 1 N–H and O–H groups in total. The summed E-state index contributed by atoms with van der Waals surface area (Å²) in [6.45, 7) is 6.05. The highest BCUT2D eigenvalue weighted by Gasteiger charge is 2.18. The zero-order valence-corrected chi connectivity index (χ0v) is 10.1. The quantitative estimate of drug-likeness (QED) is 0.883. The van der Waals surface area contributed by atoms with Crippen molar-refractivity contribution in [1.82, 2.24) is 14.5 Å². The van der Waals surface area contributed by atoms with Gasteiger partial charge in [0.25, 0.3) is 0 Å². The minimum absolute atomic E-state index is 0.176. The minimum atomic E-state index is -0.965. The van der Waals surface area contributed by atoms with E-state index in [4.69, 9.17) is 0 Å². The number of carbonyl (C=O) groups is 1. The number of imidazole rings is 1. The summed E-state index contributed by atoms with van der Waals surface area (Å²) in [5, 5.41) is 9.19. The van der Waals surface area contributed by atoms with Crippen LogP contribution in [0.25, 0.3) is 11.0 Å². The largest absolute Gasteiger partial charge is 0.478 e. The fourth-order valence-electron chi connectivity index (χ4n) is 2.06. The molecule has 0 unspecified atom stereocenters. The Kier molecular flexibility index (Phi) is 2.83. The highest BCUT2D eigenvalue weighted by Crippen LogP contribution is 2.23. The predicted molar refractivity (Wildman–Crippen MR) is 64.3 cm³/mol. The Labute approximate surface area is 99.1 Å². The Balaban J connectivity index is 2.86. The van der Waals surface area contributed by atoms with Crippen LogP contribution in [0, 0.1) is 0 Å². The summed E-state index contributed by atoms with van der Waals surface area (Å²) in [4.78, 5) is 19.6. The van der Waals surface area contributed by atoms with E-state index in [0.29, 0.717) is 11.0 Å². The molecular weight excluding hydrogens is 218 g/mol. The van der Waals surface area contributed by atoms with Gasteiger partial charge in [-0.15, -0.1) is 0 Å². The van der Waals surface area contributed by atoms with Gasteiger partial charge < -0.3 is 9.67 Å². The third-order valence-electron chi connectivity index (χ3n) is 2.73. The molecule has 2 aromatic rings. The molecule has 0 amide bonds. The first-order chi connectivity index (χ1) is 8.06. The van der Waals surface area contributed by atoms with E-state index in [-0.39, 0.29) is 11.6 Å². The molecule has 0 fully saturated rings. The number of hydrogen-bond acceptors (Lipinski definition) is 3. The summed E-state index contributed by atoms with van der Waals surface area (Å²) in [6.07, 6.45) is 3.76. The zero-order chi connectivity index (χ0) is 12.6. The first-order valence-corrected chi connectivity index (χ1v) is 5.64. The number of nitrogens with zero attached hydrogens (tertiary/aromatic N) is 3. The van der Waals surface area contributed by atoms with E-state index in [2.05, 4.69) is 9.97 Å².